The van der Waals surface area contributed by atoms with Crippen molar-refractivity contribution in [3.05, 3.63) is 46.5 Å². The monoisotopic (exact) mass is 429 g/mol. The minimum atomic E-state index is -0.106. The molecule has 2 aliphatic rings. The largest absolute Gasteiger partial charge is 0.370 e. The molecule has 0 N–H and O–H groups in total. The van der Waals surface area contributed by atoms with Crippen molar-refractivity contribution >= 4 is 17.0 Å². The van der Waals surface area contributed by atoms with Gasteiger partial charge in [0.25, 0.3) is 0 Å². The Bertz CT molecular complexity index is 1180. The molecule has 5 rings (SSSR count). The average Bonchev–Trinajstić information content (AvgIpc) is 2.83. The van der Waals surface area contributed by atoms with Crippen molar-refractivity contribution in [3.63, 3.8) is 0 Å². The molecule has 2 fully saturated rings. The molecule has 32 heavy (non-hydrogen) atoms. The van der Waals surface area contributed by atoms with E-state index in [1.54, 1.807) is 6.20 Å². The molecule has 164 valence electrons. The zero-order valence-electron chi connectivity index (χ0n) is 18.6. The molecule has 1 aliphatic carbocycles. The van der Waals surface area contributed by atoms with Crippen molar-refractivity contribution < 1.29 is 4.74 Å². The van der Waals surface area contributed by atoms with Crippen LogP contribution in [0, 0.1) is 25.2 Å². The SMILES string of the molecule is Cc1cc([C@H]2CN(c3nc(C4CCCCC4)c4cc(C#N)c(C)nc4n3)CCO2)cnn1. The van der Waals surface area contributed by atoms with E-state index in [4.69, 9.17) is 19.7 Å². The molecule has 8 nitrogen and oxygen atoms in total. The van der Waals surface area contributed by atoms with E-state index in [1.807, 2.05) is 26.0 Å². The number of pyridine rings is 1. The molecule has 3 aromatic heterocycles. The van der Waals surface area contributed by atoms with Gasteiger partial charge in [0.15, 0.2) is 5.65 Å². The molecule has 8 heteroatoms. The molecule has 0 bridgehead atoms. The zero-order valence-corrected chi connectivity index (χ0v) is 18.6. The molecule has 0 radical (unpaired) electrons. The maximum Gasteiger partial charge on any atom is 0.227 e. The Balaban J connectivity index is 1.55. The fraction of sp³-hybridized carbons (Fsp3) is 0.500. The topological polar surface area (TPSA) is 101 Å². The van der Waals surface area contributed by atoms with Gasteiger partial charge in [-0.3, -0.25) is 0 Å². The third-order valence-electron chi connectivity index (χ3n) is 6.53. The second-order valence-corrected chi connectivity index (χ2v) is 8.78. The third-order valence-corrected chi connectivity index (χ3v) is 6.53. The van der Waals surface area contributed by atoms with Gasteiger partial charge in [-0.25, -0.2) is 9.97 Å². The van der Waals surface area contributed by atoms with Gasteiger partial charge < -0.3 is 9.64 Å². The van der Waals surface area contributed by atoms with Crippen molar-refractivity contribution in [1.82, 2.24) is 25.1 Å². The minimum absolute atomic E-state index is 0.106. The number of aryl methyl sites for hydroxylation is 2. The molecule has 1 aliphatic heterocycles. The fourth-order valence-electron chi connectivity index (χ4n) is 4.80. The van der Waals surface area contributed by atoms with Gasteiger partial charge in [0.1, 0.15) is 12.2 Å². The number of hydrogen-bond acceptors (Lipinski definition) is 8. The number of anilines is 1. The Hall–Kier alpha value is -3.18. The summed E-state index contributed by atoms with van der Waals surface area (Å²) in [5.74, 6) is 1.08. The summed E-state index contributed by atoms with van der Waals surface area (Å²) < 4.78 is 6.04. The van der Waals surface area contributed by atoms with Gasteiger partial charge in [-0.2, -0.15) is 20.4 Å². The molecule has 0 aromatic carbocycles. The van der Waals surface area contributed by atoms with Crippen LogP contribution >= 0.6 is 0 Å². The number of morpholine rings is 1. The van der Waals surface area contributed by atoms with E-state index in [1.165, 1.54) is 19.3 Å². The standard InChI is InChI=1S/C24H27N7O/c1-15-10-19(13-26-30-15)21-14-31(8-9-32-21)24-28-22(17-6-4-3-5-7-17)20-11-18(12-25)16(2)27-23(20)29-24/h10-11,13,17,21H,3-9,14H2,1-2H3/t21-/m1/s1. The van der Waals surface area contributed by atoms with Crippen LogP contribution in [0.4, 0.5) is 5.95 Å². The van der Waals surface area contributed by atoms with E-state index >= 15 is 0 Å². The second-order valence-electron chi connectivity index (χ2n) is 8.78. The van der Waals surface area contributed by atoms with Crippen molar-refractivity contribution in [3.8, 4) is 6.07 Å². The number of nitrogens with zero attached hydrogens (tertiary/aromatic N) is 7. The molecule has 4 heterocycles. The molecule has 1 saturated carbocycles. The van der Waals surface area contributed by atoms with Gasteiger partial charge in [-0.15, -0.1) is 0 Å². The minimum Gasteiger partial charge on any atom is -0.370 e. The highest BCUT2D eigenvalue weighted by molar-refractivity contribution is 5.81. The Labute approximate surface area is 187 Å². The van der Waals surface area contributed by atoms with Crippen molar-refractivity contribution in [2.75, 3.05) is 24.6 Å². The zero-order chi connectivity index (χ0) is 22.1. The lowest BCUT2D eigenvalue weighted by atomic mass is 9.85. The molecule has 3 aromatic rings. The Morgan fingerprint density at radius 1 is 1.09 bits per heavy atom. The smallest absolute Gasteiger partial charge is 0.227 e. The van der Waals surface area contributed by atoms with Crippen LogP contribution in [-0.2, 0) is 4.74 Å². The summed E-state index contributed by atoms with van der Waals surface area (Å²) in [6.45, 7) is 5.76. The predicted octanol–water partition coefficient (Wildman–Crippen LogP) is 3.93. The van der Waals surface area contributed by atoms with Crippen LogP contribution in [0.1, 0.15) is 72.3 Å². The first-order valence-electron chi connectivity index (χ1n) is 11.4. The summed E-state index contributed by atoms with van der Waals surface area (Å²) in [6, 6.07) is 6.22. The Morgan fingerprint density at radius 3 is 2.72 bits per heavy atom. The molecule has 1 atom stereocenters. The summed E-state index contributed by atoms with van der Waals surface area (Å²) in [5, 5.41) is 18.6. The summed E-state index contributed by atoms with van der Waals surface area (Å²) in [4.78, 5) is 16.8. The molecular formula is C24H27N7O. The van der Waals surface area contributed by atoms with Crippen LogP contribution in [0.15, 0.2) is 18.3 Å². The van der Waals surface area contributed by atoms with E-state index in [-0.39, 0.29) is 6.10 Å². The number of rotatable bonds is 3. The van der Waals surface area contributed by atoms with Crippen LogP contribution in [0.2, 0.25) is 0 Å². The molecular weight excluding hydrogens is 402 g/mol. The van der Waals surface area contributed by atoms with Crippen molar-refractivity contribution in [2.24, 2.45) is 0 Å². The lowest BCUT2D eigenvalue weighted by Gasteiger charge is -2.33. The normalized spacial score (nSPS) is 19.8. The summed E-state index contributed by atoms with van der Waals surface area (Å²) >= 11 is 0. The Kier molecular flexibility index (Phi) is 5.66. The van der Waals surface area contributed by atoms with Crippen LogP contribution in [-0.4, -0.2) is 44.8 Å². The first-order valence-corrected chi connectivity index (χ1v) is 11.4. The fourth-order valence-corrected chi connectivity index (χ4v) is 4.80. The van der Waals surface area contributed by atoms with Crippen molar-refractivity contribution in [1.29, 1.82) is 5.26 Å². The third kappa shape index (κ3) is 4.00. The first kappa shape index (κ1) is 20.7. The first-order chi connectivity index (χ1) is 15.6. The summed E-state index contributed by atoms with van der Waals surface area (Å²) in [7, 11) is 0. The summed E-state index contributed by atoms with van der Waals surface area (Å²) in [6.07, 6.45) is 7.60. The van der Waals surface area contributed by atoms with Crippen LogP contribution in [0.5, 0.6) is 0 Å². The number of nitriles is 1. The number of aromatic nitrogens is 5. The van der Waals surface area contributed by atoms with Crippen LogP contribution in [0.3, 0.4) is 0 Å². The highest BCUT2D eigenvalue weighted by Crippen LogP contribution is 2.36. The van der Waals surface area contributed by atoms with Gasteiger partial charge in [-0.05, 0) is 38.8 Å². The van der Waals surface area contributed by atoms with E-state index in [0.29, 0.717) is 41.9 Å². The van der Waals surface area contributed by atoms with E-state index < -0.39 is 0 Å². The summed E-state index contributed by atoms with van der Waals surface area (Å²) in [5.41, 5.74) is 4.91. The Morgan fingerprint density at radius 2 is 1.94 bits per heavy atom. The van der Waals surface area contributed by atoms with Gasteiger partial charge >= 0.3 is 0 Å². The maximum absolute atomic E-state index is 9.53. The quantitative estimate of drug-likeness (QED) is 0.617. The number of fused-ring (bicyclic) bond motifs is 1. The van der Waals surface area contributed by atoms with Gasteiger partial charge in [0.05, 0.1) is 42.0 Å². The maximum atomic E-state index is 9.53. The van der Waals surface area contributed by atoms with Crippen LogP contribution < -0.4 is 4.90 Å². The van der Waals surface area contributed by atoms with E-state index in [0.717, 1.165) is 41.7 Å². The predicted molar refractivity (Wildman–Crippen MR) is 120 cm³/mol. The molecule has 0 amide bonds. The lowest BCUT2D eigenvalue weighted by molar-refractivity contribution is 0.0388. The van der Waals surface area contributed by atoms with Crippen molar-refractivity contribution in [2.45, 2.75) is 58.0 Å². The molecule has 1 saturated heterocycles. The molecule has 0 spiro atoms. The van der Waals surface area contributed by atoms with E-state index in [2.05, 4.69) is 21.2 Å². The van der Waals surface area contributed by atoms with Gasteiger partial charge in [0.2, 0.25) is 5.95 Å². The van der Waals surface area contributed by atoms with Gasteiger partial charge in [0, 0.05) is 23.4 Å². The second kappa shape index (κ2) is 8.75. The highest BCUT2D eigenvalue weighted by atomic mass is 16.5. The van der Waals surface area contributed by atoms with Gasteiger partial charge in [-0.1, -0.05) is 19.3 Å². The highest BCUT2D eigenvalue weighted by Gasteiger charge is 2.27. The van der Waals surface area contributed by atoms with E-state index in [9.17, 15) is 5.26 Å². The lowest BCUT2D eigenvalue weighted by Crippen LogP contribution is -2.39. The number of ether oxygens (including phenoxy) is 1. The molecule has 0 unspecified atom stereocenters. The number of hydrogen-bond donors (Lipinski definition) is 0. The average molecular weight is 430 g/mol. The van der Waals surface area contributed by atoms with Crippen LogP contribution in [0.25, 0.3) is 11.0 Å².